The molecule has 0 aromatic carbocycles. The molecule has 0 saturated heterocycles. The van der Waals surface area contributed by atoms with Gasteiger partial charge in [0.05, 0.1) is 0 Å². The Morgan fingerprint density at radius 3 is 2.35 bits per heavy atom. The lowest BCUT2D eigenvalue weighted by Gasteiger charge is -2.31. The van der Waals surface area contributed by atoms with Crippen molar-refractivity contribution >= 4 is 12.0 Å². The van der Waals surface area contributed by atoms with Crippen LogP contribution in [0.25, 0.3) is 0 Å². The van der Waals surface area contributed by atoms with Crippen molar-refractivity contribution < 1.29 is 14.7 Å². The van der Waals surface area contributed by atoms with Crippen molar-refractivity contribution in [3.63, 3.8) is 0 Å². The van der Waals surface area contributed by atoms with E-state index in [4.69, 9.17) is 5.11 Å². The van der Waals surface area contributed by atoms with E-state index in [0.29, 0.717) is 12.5 Å². The number of nitrogens with one attached hydrogen (secondary N) is 1. The molecule has 0 aromatic rings. The highest BCUT2D eigenvalue weighted by atomic mass is 16.4. The number of amides is 2. The lowest BCUT2D eigenvalue weighted by molar-refractivity contribution is -0.146. The Hall–Kier alpha value is -1.26. The summed E-state index contributed by atoms with van der Waals surface area (Å²) in [5, 5.41) is 11.8. The quantitative estimate of drug-likeness (QED) is 0.788. The minimum absolute atomic E-state index is 0.315. The number of aliphatic carboxylic acids is 1. The van der Waals surface area contributed by atoms with Crippen LogP contribution in [0.3, 0.4) is 0 Å². The van der Waals surface area contributed by atoms with Crippen LogP contribution in [-0.2, 0) is 4.79 Å². The van der Waals surface area contributed by atoms with Crippen LogP contribution in [0.1, 0.15) is 39.5 Å². The molecule has 0 aromatic heterocycles. The maximum Gasteiger partial charge on any atom is 0.329 e. The van der Waals surface area contributed by atoms with E-state index in [0.717, 1.165) is 12.8 Å². The van der Waals surface area contributed by atoms with Gasteiger partial charge >= 0.3 is 12.0 Å². The molecule has 2 N–H and O–H groups in total. The van der Waals surface area contributed by atoms with Crippen LogP contribution in [0.4, 0.5) is 4.79 Å². The molecule has 1 fully saturated rings. The Kier molecular flexibility index (Phi) is 4.37. The van der Waals surface area contributed by atoms with Crippen LogP contribution >= 0.6 is 0 Å². The summed E-state index contributed by atoms with van der Waals surface area (Å²) in [7, 11) is 1.51. The highest BCUT2D eigenvalue weighted by Gasteiger charge is 2.35. The van der Waals surface area contributed by atoms with Gasteiger partial charge in [-0.3, -0.25) is 0 Å². The molecule has 0 bridgehead atoms. The molecule has 17 heavy (non-hydrogen) atoms. The van der Waals surface area contributed by atoms with Gasteiger partial charge in [0, 0.05) is 13.6 Å². The van der Waals surface area contributed by atoms with E-state index in [1.807, 2.05) is 0 Å². The number of nitrogens with zero attached hydrogens (tertiary/aromatic N) is 1. The smallest absolute Gasteiger partial charge is 0.329 e. The largest absolute Gasteiger partial charge is 0.480 e. The molecule has 1 rings (SSSR count). The first kappa shape index (κ1) is 13.8. The molecule has 2 amide bonds. The van der Waals surface area contributed by atoms with Crippen LogP contribution in [0.15, 0.2) is 0 Å². The van der Waals surface area contributed by atoms with Gasteiger partial charge in [0.1, 0.15) is 5.54 Å². The molecule has 0 radical (unpaired) electrons. The first-order valence-corrected chi connectivity index (χ1v) is 6.10. The Labute approximate surface area is 102 Å². The number of likely N-dealkylation sites (N-methyl/N-ethyl adjacent to an activating group) is 1. The monoisotopic (exact) mass is 242 g/mol. The molecule has 0 aliphatic heterocycles. The lowest BCUT2D eigenvalue weighted by atomic mass is 10.0. The van der Waals surface area contributed by atoms with Gasteiger partial charge in [0.15, 0.2) is 0 Å². The molecular formula is C12H22N2O3. The predicted octanol–water partition coefficient (Wildman–Crippen LogP) is 1.68. The number of carboxylic acids is 1. The Bertz CT molecular complexity index is 296. The number of carbonyl (C=O) groups is 2. The van der Waals surface area contributed by atoms with E-state index >= 15 is 0 Å². The standard InChI is InChI=1S/C12H22N2O3/c1-12(2,10(15)16)14(3)11(17)13-8-9-6-4-5-7-9/h9H,4-8H2,1-3H3,(H,13,17)(H,15,16). The van der Waals surface area contributed by atoms with Gasteiger partial charge in [-0.25, -0.2) is 9.59 Å². The summed E-state index contributed by atoms with van der Waals surface area (Å²) >= 11 is 0. The maximum absolute atomic E-state index is 11.8. The third kappa shape index (κ3) is 3.35. The number of hydrogen-bond donors (Lipinski definition) is 2. The summed E-state index contributed by atoms with van der Waals surface area (Å²) in [6.07, 6.45) is 4.78. The zero-order chi connectivity index (χ0) is 13.1. The van der Waals surface area contributed by atoms with Crippen LogP contribution < -0.4 is 5.32 Å². The predicted molar refractivity (Wildman–Crippen MR) is 64.8 cm³/mol. The van der Waals surface area contributed by atoms with Crippen molar-refractivity contribution in [2.45, 2.75) is 45.1 Å². The highest BCUT2D eigenvalue weighted by Crippen LogP contribution is 2.23. The second kappa shape index (κ2) is 5.38. The van der Waals surface area contributed by atoms with Crippen molar-refractivity contribution in [1.82, 2.24) is 10.2 Å². The third-order valence-electron chi connectivity index (χ3n) is 3.68. The van der Waals surface area contributed by atoms with Gasteiger partial charge in [0.25, 0.3) is 0 Å². The molecule has 1 aliphatic carbocycles. The summed E-state index contributed by atoms with van der Waals surface area (Å²) < 4.78 is 0. The van der Waals surface area contributed by atoms with E-state index in [-0.39, 0.29) is 6.03 Å². The summed E-state index contributed by atoms with van der Waals surface area (Å²) in [6, 6.07) is -0.315. The zero-order valence-electron chi connectivity index (χ0n) is 10.8. The molecule has 0 atom stereocenters. The fourth-order valence-corrected chi connectivity index (χ4v) is 1.96. The van der Waals surface area contributed by atoms with Gasteiger partial charge < -0.3 is 15.3 Å². The Morgan fingerprint density at radius 1 is 1.35 bits per heavy atom. The fourth-order valence-electron chi connectivity index (χ4n) is 1.96. The van der Waals surface area contributed by atoms with Gasteiger partial charge in [-0.2, -0.15) is 0 Å². The van der Waals surface area contributed by atoms with Crippen LogP contribution in [0, 0.1) is 5.92 Å². The topological polar surface area (TPSA) is 69.6 Å². The van der Waals surface area contributed by atoms with Gasteiger partial charge in [-0.1, -0.05) is 12.8 Å². The van der Waals surface area contributed by atoms with Gasteiger partial charge in [-0.05, 0) is 32.6 Å². The molecular weight excluding hydrogens is 220 g/mol. The molecule has 1 aliphatic rings. The van der Waals surface area contributed by atoms with Crippen molar-refractivity contribution in [3.05, 3.63) is 0 Å². The Morgan fingerprint density at radius 2 is 1.88 bits per heavy atom. The number of hydrogen-bond acceptors (Lipinski definition) is 2. The number of rotatable bonds is 4. The van der Waals surface area contributed by atoms with Crippen molar-refractivity contribution in [3.8, 4) is 0 Å². The SMILES string of the molecule is CN(C(=O)NCC1CCCC1)C(C)(C)C(=O)O. The number of urea groups is 1. The van der Waals surface area contributed by atoms with E-state index in [9.17, 15) is 9.59 Å². The average molecular weight is 242 g/mol. The minimum atomic E-state index is -1.18. The Balaban J connectivity index is 2.43. The minimum Gasteiger partial charge on any atom is -0.480 e. The zero-order valence-corrected chi connectivity index (χ0v) is 10.8. The molecule has 0 spiro atoms. The highest BCUT2D eigenvalue weighted by molar-refractivity contribution is 5.85. The van der Waals surface area contributed by atoms with Gasteiger partial charge in [-0.15, -0.1) is 0 Å². The van der Waals surface area contributed by atoms with Crippen LogP contribution in [0.2, 0.25) is 0 Å². The van der Waals surface area contributed by atoms with E-state index in [2.05, 4.69) is 5.32 Å². The normalized spacial score (nSPS) is 16.9. The van der Waals surface area contributed by atoms with Crippen LogP contribution in [-0.4, -0.2) is 41.1 Å². The fraction of sp³-hybridized carbons (Fsp3) is 0.833. The lowest BCUT2D eigenvalue weighted by Crippen LogP contribution is -2.54. The van der Waals surface area contributed by atoms with E-state index in [1.54, 1.807) is 0 Å². The van der Waals surface area contributed by atoms with Crippen molar-refractivity contribution in [2.24, 2.45) is 5.92 Å². The second-order valence-electron chi connectivity index (χ2n) is 5.26. The number of carboxylic acid groups (broad SMARTS) is 1. The molecule has 5 heteroatoms. The molecule has 98 valence electrons. The summed E-state index contributed by atoms with van der Waals surface area (Å²) in [6.45, 7) is 3.69. The molecule has 0 unspecified atom stereocenters. The molecule has 0 heterocycles. The first-order chi connectivity index (χ1) is 7.85. The maximum atomic E-state index is 11.8. The average Bonchev–Trinajstić information content (AvgIpc) is 2.77. The second-order valence-corrected chi connectivity index (χ2v) is 5.26. The molecule has 5 nitrogen and oxygen atoms in total. The summed E-state index contributed by atoms with van der Waals surface area (Å²) in [5.41, 5.74) is -1.18. The van der Waals surface area contributed by atoms with Crippen LogP contribution in [0.5, 0.6) is 0 Å². The van der Waals surface area contributed by atoms with E-state index in [1.165, 1.54) is 38.6 Å². The van der Waals surface area contributed by atoms with Crippen molar-refractivity contribution in [2.75, 3.05) is 13.6 Å². The summed E-state index contributed by atoms with van der Waals surface area (Å²) in [5.74, 6) is -0.448. The first-order valence-electron chi connectivity index (χ1n) is 6.10. The molecule has 1 saturated carbocycles. The van der Waals surface area contributed by atoms with Crippen molar-refractivity contribution in [1.29, 1.82) is 0 Å². The number of carbonyl (C=O) groups excluding carboxylic acids is 1. The summed E-state index contributed by atoms with van der Waals surface area (Å²) in [4.78, 5) is 24.0. The van der Waals surface area contributed by atoms with Gasteiger partial charge in [0.2, 0.25) is 0 Å². The van der Waals surface area contributed by atoms with E-state index < -0.39 is 11.5 Å². The third-order valence-corrected chi connectivity index (χ3v) is 3.68.